The number of fused-ring (bicyclic) bond motifs is 1. The van der Waals surface area contributed by atoms with Crippen LogP contribution in [0.3, 0.4) is 0 Å². The van der Waals surface area contributed by atoms with Gasteiger partial charge in [0.05, 0.1) is 0 Å². The second-order valence-electron chi connectivity index (χ2n) is 3.14. The highest BCUT2D eigenvalue weighted by Gasteiger charge is 2.12. The molecule has 2 rings (SSSR count). The quantitative estimate of drug-likeness (QED) is 0.727. The number of aromatic nitrogens is 1. The van der Waals surface area contributed by atoms with E-state index in [1.807, 2.05) is 0 Å². The number of halogens is 1. The van der Waals surface area contributed by atoms with Crippen molar-refractivity contribution < 1.29 is 9.18 Å². The summed E-state index contributed by atoms with van der Waals surface area (Å²) in [7, 11) is 0. The highest BCUT2D eigenvalue weighted by molar-refractivity contribution is 6.07. The molecule has 2 aromatic rings. The zero-order valence-electron chi connectivity index (χ0n) is 7.80. The van der Waals surface area contributed by atoms with Crippen molar-refractivity contribution in [3.8, 4) is 0 Å². The number of Topliss-reactive ketones (excluding diaryl/α,β-unsaturated/α-hetero) is 1. The second-order valence-corrected chi connectivity index (χ2v) is 3.14. The number of aromatic amines is 1. The first-order valence-corrected chi connectivity index (χ1v) is 4.53. The highest BCUT2D eigenvalue weighted by Crippen LogP contribution is 2.22. The van der Waals surface area contributed by atoms with Crippen LogP contribution in [0.25, 0.3) is 10.9 Å². The van der Waals surface area contributed by atoms with Gasteiger partial charge >= 0.3 is 0 Å². The molecule has 0 unspecified atom stereocenters. The van der Waals surface area contributed by atoms with Crippen LogP contribution >= 0.6 is 0 Å². The van der Waals surface area contributed by atoms with E-state index in [1.165, 1.54) is 6.07 Å². The van der Waals surface area contributed by atoms with Crippen molar-refractivity contribution in [1.29, 1.82) is 0 Å². The van der Waals surface area contributed by atoms with Gasteiger partial charge in [-0.3, -0.25) is 4.79 Å². The first-order valence-electron chi connectivity index (χ1n) is 4.53. The third-order valence-corrected chi connectivity index (χ3v) is 2.28. The molecule has 14 heavy (non-hydrogen) atoms. The van der Waals surface area contributed by atoms with Gasteiger partial charge in [-0.05, 0) is 12.1 Å². The zero-order valence-corrected chi connectivity index (χ0v) is 7.80. The number of rotatable bonds is 2. The molecule has 0 fully saturated rings. The molecule has 1 aromatic carbocycles. The fourth-order valence-corrected chi connectivity index (χ4v) is 1.55. The Morgan fingerprint density at radius 1 is 1.50 bits per heavy atom. The van der Waals surface area contributed by atoms with Gasteiger partial charge in [-0.15, -0.1) is 0 Å². The molecule has 0 atom stereocenters. The van der Waals surface area contributed by atoms with Crippen molar-refractivity contribution in [2.45, 2.75) is 13.3 Å². The maximum atomic E-state index is 13.4. The van der Waals surface area contributed by atoms with Gasteiger partial charge in [-0.2, -0.15) is 0 Å². The van der Waals surface area contributed by atoms with E-state index in [9.17, 15) is 9.18 Å². The van der Waals surface area contributed by atoms with Gasteiger partial charge < -0.3 is 4.98 Å². The Bertz CT molecular complexity index is 487. The molecule has 0 bridgehead atoms. The topological polar surface area (TPSA) is 32.9 Å². The third-order valence-electron chi connectivity index (χ3n) is 2.28. The fourth-order valence-electron chi connectivity index (χ4n) is 1.55. The molecule has 1 N–H and O–H groups in total. The second kappa shape index (κ2) is 3.25. The van der Waals surface area contributed by atoms with Crippen LogP contribution in [0.4, 0.5) is 4.39 Å². The number of nitrogens with one attached hydrogen (secondary N) is 1. The summed E-state index contributed by atoms with van der Waals surface area (Å²) >= 11 is 0. The smallest absolute Gasteiger partial charge is 0.164 e. The summed E-state index contributed by atoms with van der Waals surface area (Å²) in [6.07, 6.45) is 1.96. The maximum absolute atomic E-state index is 13.4. The minimum Gasteiger partial charge on any atom is -0.360 e. The van der Waals surface area contributed by atoms with Crippen LogP contribution in [-0.4, -0.2) is 10.8 Å². The number of hydrogen-bond donors (Lipinski definition) is 1. The number of H-pyrrole nitrogens is 1. The lowest BCUT2D eigenvalue weighted by Gasteiger charge is -1.96. The Morgan fingerprint density at radius 3 is 3.00 bits per heavy atom. The molecule has 3 heteroatoms. The SMILES string of the molecule is CCC(=O)c1c[nH]c2cccc(F)c12. The minimum atomic E-state index is -0.347. The molecule has 0 aliphatic heterocycles. The zero-order chi connectivity index (χ0) is 10.1. The van der Waals surface area contributed by atoms with Crippen molar-refractivity contribution >= 4 is 16.7 Å². The fraction of sp³-hybridized carbons (Fsp3) is 0.182. The van der Waals surface area contributed by atoms with E-state index in [0.717, 1.165) is 0 Å². The van der Waals surface area contributed by atoms with Gasteiger partial charge in [0.2, 0.25) is 0 Å². The molecule has 0 amide bonds. The molecular formula is C11H10FNO. The Labute approximate surface area is 80.7 Å². The summed E-state index contributed by atoms with van der Waals surface area (Å²) in [4.78, 5) is 14.3. The molecule has 0 saturated heterocycles. The molecule has 72 valence electrons. The number of benzene rings is 1. The van der Waals surface area contributed by atoms with E-state index in [2.05, 4.69) is 4.98 Å². The van der Waals surface area contributed by atoms with E-state index in [1.54, 1.807) is 25.3 Å². The highest BCUT2D eigenvalue weighted by atomic mass is 19.1. The predicted octanol–water partition coefficient (Wildman–Crippen LogP) is 2.90. The average Bonchev–Trinajstić information content (AvgIpc) is 2.62. The van der Waals surface area contributed by atoms with Crippen LogP contribution in [0, 0.1) is 5.82 Å². The summed E-state index contributed by atoms with van der Waals surface area (Å²) in [5.74, 6) is -0.387. The van der Waals surface area contributed by atoms with Gasteiger partial charge in [0.25, 0.3) is 0 Å². The van der Waals surface area contributed by atoms with Gasteiger partial charge in [0, 0.05) is 29.1 Å². The third kappa shape index (κ3) is 1.21. The van der Waals surface area contributed by atoms with Gasteiger partial charge in [-0.25, -0.2) is 4.39 Å². The van der Waals surface area contributed by atoms with Crippen molar-refractivity contribution in [1.82, 2.24) is 4.98 Å². The summed E-state index contributed by atoms with van der Waals surface area (Å²) in [6, 6.07) is 4.74. The van der Waals surface area contributed by atoms with E-state index < -0.39 is 0 Å². The van der Waals surface area contributed by atoms with Gasteiger partial charge in [0.1, 0.15) is 5.82 Å². The Balaban J connectivity index is 2.73. The van der Waals surface area contributed by atoms with Crippen LogP contribution in [0.5, 0.6) is 0 Å². The molecule has 0 radical (unpaired) electrons. The van der Waals surface area contributed by atoms with Crippen molar-refractivity contribution in [2.24, 2.45) is 0 Å². The van der Waals surface area contributed by atoms with E-state index >= 15 is 0 Å². The van der Waals surface area contributed by atoms with Gasteiger partial charge in [0.15, 0.2) is 5.78 Å². The molecule has 0 spiro atoms. The molecule has 1 heterocycles. The summed E-state index contributed by atoms with van der Waals surface area (Å²) in [5.41, 5.74) is 1.11. The molecule has 0 aliphatic rings. The van der Waals surface area contributed by atoms with Gasteiger partial charge in [-0.1, -0.05) is 13.0 Å². The van der Waals surface area contributed by atoms with Crippen LogP contribution in [-0.2, 0) is 0 Å². The molecule has 0 saturated carbocycles. The Hall–Kier alpha value is -1.64. The van der Waals surface area contributed by atoms with E-state index in [4.69, 9.17) is 0 Å². The lowest BCUT2D eigenvalue weighted by molar-refractivity contribution is 0.0989. The van der Waals surface area contributed by atoms with E-state index in [0.29, 0.717) is 22.9 Å². The monoisotopic (exact) mass is 191 g/mol. The standard InChI is InChI=1S/C11H10FNO/c1-2-10(14)7-6-13-9-5-3-4-8(12)11(7)9/h3-6,13H,2H2,1H3. The minimum absolute atomic E-state index is 0.0404. The number of ketones is 1. The van der Waals surface area contributed by atoms with Crippen LogP contribution in [0.15, 0.2) is 24.4 Å². The number of carbonyl (C=O) groups is 1. The molecule has 1 aromatic heterocycles. The molecule has 0 aliphatic carbocycles. The van der Waals surface area contributed by atoms with Crippen molar-refractivity contribution in [3.63, 3.8) is 0 Å². The molecule has 2 nitrogen and oxygen atoms in total. The van der Waals surface area contributed by atoms with Crippen LogP contribution in [0.1, 0.15) is 23.7 Å². The first kappa shape index (κ1) is 8.94. The normalized spacial score (nSPS) is 10.7. The lowest BCUT2D eigenvalue weighted by Crippen LogP contribution is -1.95. The maximum Gasteiger partial charge on any atom is 0.164 e. The summed E-state index contributed by atoms with van der Waals surface area (Å²) in [6.45, 7) is 1.77. The number of hydrogen-bond acceptors (Lipinski definition) is 1. The van der Waals surface area contributed by atoms with Crippen LogP contribution in [0.2, 0.25) is 0 Å². The van der Waals surface area contributed by atoms with Crippen molar-refractivity contribution in [3.05, 3.63) is 35.8 Å². The van der Waals surface area contributed by atoms with Crippen LogP contribution < -0.4 is 0 Å². The largest absolute Gasteiger partial charge is 0.360 e. The average molecular weight is 191 g/mol. The summed E-state index contributed by atoms with van der Waals surface area (Å²) < 4.78 is 13.4. The Kier molecular flexibility index (Phi) is 2.08. The lowest BCUT2D eigenvalue weighted by atomic mass is 10.1. The van der Waals surface area contributed by atoms with E-state index in [-0.39, 0.29) is 11.6 Å². The summed E-state index contributed by atoms with van der Waals surface area (Å²) in [5, 5.41) is 0.402. The Morgan fingerprint density at radius 2 is 2.29 bits per heavy atom. The molecular weight excluding hydrogens is 181 g/mol. The van der Waals surface area contributed by atoms with Crippen molar-refractivity contribution in [2.75, 3.05) is 0 Å². The first-order chi connectivity index (χ1) is 6.74. The predicted molar refractivity (Wildman–Crippen MR) is 52.9 cm³/mol. The number of carbonyl (C=O) groups excluding carboxylic acids is 1.